The average Bonchev–Trinajstić information content (AvgIpc) is 3.29. The molecule has 0 N–H and O–H groups in total. The molecule has 1 aliphatic heterocycles. The van der Waals surface area contributed by atoms with Crippen molar-refractivity contribution in [2.75, 3.05) is 26.7 Å². The summed E-state index contributed by atoms with van der Waals surface area (Å²) < 4.78 is 19.0. The second-order valence-electron chi connectivity index (χ2n) is 8.13. The monoisotopic (exact) mass is 422 g/mol. The standard InChI is InChI=1S/C24H27FN4O2/c1-17(18-8-4-3-5-9-18)28(2)22(30)16-29-13-7-11-20(15-29)24-26-23(27-31-24)19-10-6-12-21(25)14-19/h3-6,8-10,12,14,17,20H,7,11,13,15-16H2,1-2H3. The van der Waals surface area contributed by atoms with Crippen LogP contribution in [0.3, 0.4) is 0 Å². The third-order valence-electron chi connectivity index (χ3n) is 5.99. The van der Waals surface area contributed by atoms with Gasteiger partial charge in [-0.25, -0.2) is 4.39 Å². The van der Waals surface area contributed by atoms with Gasteiger partial charge in [0.1, 0.15) is 5.82 Å². The molecule has 2 aromatic carbocycles. The number of halogens is 1. The summed E-state index contributed by atoms with van der Waals surface area (Å²) in [5.41, 5.74) is 1.71. The zero-order chi connectivity index (χ0) is 21.8. The Hall–Kier alpha value is -3.06. The molecule has 1 amide bonds. The lowest BCUT2D eigenvalue weighted by atomic mass is 9.98. The molecule has 0 spiro atoms. The maximum Gasteiger partial charge on any atom is 0.236 e. The summed E-state index contributed by atoms with van der Waals surface area (Å²) in [6, 6.07) is 16.2. The minimum absolute atomic E-state index is 0.0130. The first-order valence-electron chi connectivity index (χ1n) is 10.6. The fourth-order valence-electron chi connectivity index (χ4n) is 4.02. The van der Waals surface area contributed by atoms with E-state index in [2.05, 4.69) is 15.0 Å². The zero-order valence-electron chi connectivity index (χ0n) is 17.9. The van der Waals surface area contributed by atoms with Crippen molar-refractivity contribution in [1.29, 1.82) is 0 Å². The topological polar surface area (TPSA) is 62.5 Å². The third kappa shape index (κ3) is 4.99. The number of benzene rings is 2. The predicted molar refractivity (Wildman–Crippen MR) is 116 cm³/mol. The van der Waals surface area contributed by atoms with Crippen molar-refractivity contribution in [3.8, 4) is 11.4 Å². The van der Waals surface area contributed by atoms with E-state index < -0.39 is 0 Å². The number of likely N-dealkylation sites (tertiary alicyclic amines) is 1. The molecule has 2 atom stereocenters. The fourth-order valence-corrected chi connectivity index (χ4v) is 4.02. The molecule has 1 aliphatic rings. The van der Waals surface area contributed by atoms with Gasteiger partial charge in [-0.2, -0.15) is 4.98 Å². The van der Waals surface area contributed by atoms with Crippen molar-refractivity contribution in [3.63, 3.8) is 0 Å². The summed E-state index contributed by atoms with van der Waals surface area (Å²) in [4.78, 5) is 21.3. The summed E-state index contributed by atoms with van der Waals surface area (Å²) in [6.45, 7) is 3.94. The molecule has 2 heterocycles. The van der Waals surface area contributed by atoms with Crippen molar-refractivity contribution < 1.29 is 13.7 Å². The van der Waals surface area contributed by atoms with E-state index in [1.54, 1.807) is 17.0 Å². The van der Waals surface area contributed by atoms with Gasteiger partial charge in [0, 0.05) is 19.2 Å². The molecule has 1 saturated heterocycles. The van der Waals surface area contributed by atoms with Crippen LogP contribution in [0.5, 0.6) is 0 Å². The highest BCUT2D eigenvalue weighted by molar-refractivity contribution is 5.78. The summed E-state index contributed by atoms with van der Waals surface area (Å²) in [5.74, 6) is 0.748. The lowest BCUT2D eigenvalue weighted by Crippen LogP contribution is -2.43. The van der Waals surface area contributed by atoms with Gasteiger partial charge in [-0.15, -0.1) is 0 Å². The van der Waals surface area contributed by atoms with E-state index in [0.717, 1.165) is 24.9 Å². The van der Waals surface area contributed by atoms with Crippen LogP contribution >= 0.6 is 0 Å². The summed E-state index contributed by atoms with van der Waals surface area (Å²) in [5, 5.41) is 4.03. The molecule has 0 saturated carbocycles. The molecular formula is C24H27FN4O2. The van der Waals surface area contributed by atoms with E-state index in [-0.39, 0.29) is 23.7 Å². The molecule has 0 bridgehead atoms. The maximum atomic E-state index is 13.5. The van der Waals surface area contributed by atoms with E-state index in [0.29, 0.717) is 30.4 Å². The van der Waals surface area contributed by atoms with E-state index >= 15 is 0 Å². The number of likely N-dealkylation sites (N-methyl/N-ethyl adjacent to an activating group) is 1. The Morgan fingerprint density at radius 2 is 2.06 bits per heavy atom. The van der Waals surface area contributed by atoms with E-state index in [9.17, 15) is 9.18 Å². The molecule has 6 nitrogen and oxygen atoms in total. The van der Waals surface area contributed by atoms with Crippen molar-refractivity contribution in [1.82, 2.24) is 19.9 Å². The van der Waals surface area contributed by atoms with Crippen LogP contribution in [0.25, 0.3) is 11.4 Å². The Kier molecular flexibility index (Phi) is 6.42. The summed E-state index contributed by atoms with van der Waals surface area (Å²) in [7, 11) is 1.85. The van der Waals surface area contributed by atoms with Crippen molar-refractivity contribution >= 4 is 5.91 Å². The second-order valence-corrected chi connectivity index (χ2v) is 8.13. The number of hydrogen-bond donors (Lipinski definition) is 0. The normalized spacial score (nSPS) is 18.0. The van der Waals surface area contributed by atoms with Crippen molar-refractivity contribution in [2.45, 2.75) is 31.7 Å². The number of nitrogens with zero attached hydrogens (tertiary/aromatic N) is 4. The smallest absolute Gasteiger partial charge is 0.236 e. The van der Waals surface area contributed by atoms with Crippen molar-refractivity contribution in [3.05, 3.63) is 71.9 Å². The van der Waals surface area contributed by atoms with Gasteiger partial charge in [-0.3, -0.25) is 9.69 Å². The number of carbonyl (C=O) groups excluding carboxylic acids is 1. The number of piperidine rings is 1. The van der Waals surface area contributed by atoms with Crippen LogP contribution in [-0.4, -0.2) is 52.5 Å². The molecule has 4 rings (SSSR count). The van der Waals surface area contributed by atoms with Gasteiger partial charge in [0.2, 0.25) is 17.6 Å². The minimum atomic E-state index is -0.333. The Bertz CT molecular complexity index is 1020. The number of aromatic nitrogens is 2. The Morgan fingerprint density at radius 3 is 2.84 bits per heavy atom. The molecule has 0 aliphatic carbocycles. The lowest BCUT2D eigenvalue weighted by Gasteiger charge is -2.33. The third-order valence-corrected chi connectivity index (χ3v) is 5.99. The van der Waals surface area contributed by atoms with Crippen LogP contribution < -0.4 is 0 Å². The molecule has 3 aromatic rings. The second kappa shape index (κ2) is 9.39. The number of carbonyl (C=O) groups is 1. The largest absolute Gasteiger partial charge is 0.339 e. The Balaban J connectivity index is 1.38. The highest BCUT2D eigenvalue weighted by Gasteiger charge is 2.28. The van der Waals surface area contributed by atoms with E-state index in [1.165, 1.54) is 12.1 Å². The fraction of sp³-hybridized carbons (Fsp3) is 0.375. The quantitative estimate of drug-likeness (QED) is 0.594. The SMILES string of the molecule is CC(c1ccccc1)N(C)C(=O)CN1CCCC(c2nc(-c3cccc(F)c3)no2)C1. The molecule has 7 heteroatoms. The van der Waals surface area contributed by atoms with Crippen LogP contribution in [0.2, 0.25) is 0 Å². The van der Waals surface area contributed by atoms with Gasteiger partial charge >= 0.3 is 0 Å². The number of rotatable bonds is 6. The van der Waals surface area contributed by atoms with Crippen LogP contribution in [-0.2, 0) is 4.79 Å². The Morgan fingerprint density at radius 1 is 1.26 bits per heavy atom. The first-order valence-corrected chi connectivity index (χ1v) is 10.6. The molecule has 1 fully saturated rings. The van der Waals surface area contributed by atoms with Gasteiger partial charge in [0.05, 0.1) is 18.5 Å². The van der Waals surface area contributed by atoms with Crippen LogP contribution in [0.4, 0.5) is 4.39 Å². The molecule has 162 valence electrons. The number of amides is 1. The predicted octanol–water partition coefficient (Wildman–Crippen LogP) is 4.27. The average molecular weight is 423 g/mol. The summed E-state index contributed by atoms with van der Waals surface area (Å²) in [6.07, 6.45) is 1.87. The highest BCUT2D eigenvalue weighted by atomic mass is 19.1. The highest BCUT2D eigenvalue weighted by Crippen LogP contribution is 2.28. The molecule has 31 heavy (non-hydrogen) atoms. The lowest BCUT2D eigenvalue weighted by molar-refractivity contribution is -0.133. The minimum Gasteiger partial charge on any atom is -0.339 e. The molecule has 2 unspecified atom stereocenters. The van der Waals surface area contributed by atoms with Crippen molar-refractivity contribution in [2.24, 2.45) is 0 Å². The van der Waals surface area contributed by atoms with Gasteiger partial charge < -0.3 is 9.42 Å². The van der Waals surface area contributed by atoms with Gasteiger partial charge in [0.15, 0.2) is 0 Å². The van der Waals surface area contributed by atoms with Gasteiger partial charge in [0.25, 0.3) is 0 Å². The first-order chi connectivity index (χ1) is 15.0. The number of hydrogen-bond acceptors (Lipinski definition) is 5. The molecule has 0 radical (unpaired) electrons. The van der Waals surface area contributed by atoms with E-state index in [1.807, 2.05) is 44.3 Å². The van der Waals surface area contributed by atoms with Gasteiger partial charge in [-0.05, 0) is 44.0 Å². The van der Waals surface area contributed by atoms with E-state index in [4.69, 9.17) is 4.52 Å². The maximum absolute atomic E-state index is 13.5. The van der Waals surface area contributed by atoms with Crippen LogP contribution in [0, 0.1) is 5.82 Å². The summed E-state index contributed by atoms with van der Waals surface area (Å²) >= 11 is 0. The Labute approximate surface area is 181 Å². The van der Waals surface area contributed by atoms with Crippen LogP contribution in [0.1, 0.15) is 43.2 Å². The van der Waals surface area contributed by atoms with Crippen LogP contribution in [0.15, 0.2) is 59.1 Å². The first kappa shape index (κ1) is 21.2. The molecular weight excluding hydrogens is 395 g/mol. The van der Waals surface area contributed by atoms with Gasteiger partial charge in [-0.1, -0.05) is 47.6 Å². The molecule has 1 aromatic heterocycles. The zero-order valence-corrected chi connectivity index (χ0v) is 17.9.